The second-order valence-electron chi connectivity index (χ2n) is 7.01. The first-order chi connectivity index (χ1) is 15.0. The lowest BCUT2D eigenvalue weighted by atomic mass is 10.1. The SMILES string of the molecule is COc1ccccc1CN(Cc1nc2ccccc2c(=O)[nH]1)C(=O)c1ccc(F)cc1. The predicted molar refractivity (Wildman–Crippen MR) is 115 cm³/mol. The van der Waals surface area contributed by atoms with E-state index in [0.29, 0.717) is 28.0 Å². The van der Waals surface area contributed by atoms with Gasteiger partial charge in [0.15, 0.2) is 0 Å². The van der Waals surface area contributed by atoms with Gasteiger partial charge in [-0.1, -0.05) is 30.3 Å². The summed E-state index contributed by atoms with van der Waals surface area (Å²) >= 11 is 0. The van der Waals surface area contributed by atoms with Gasteiger partial charge >= 0.3 is 0 Å². The average molecular weight is 417 g/mol. The Hall–Kier alpha value is -4.00. The van der Waals surface area contributed by atoms with E-state index in [0.717, 1.165) is 5.56 Å². The van der Waals surface area contributed by atoms with Crippen molar-refractivity contribution in [3.05, 3.63) is 106 Å². The molecule has 156 valence electrons. The minimum absolute atomic E-state index is 0.0638. The monoisotopic (exact) mass is 417 g/mol. The van der Waals surface area contributed by atoms with E-state index in [9.17, 15) is 14.0 Å². The van der Waals surface area contributed by atoms with Crippen LogP contribution in [0.15, 0.2) is 77.6 Å². The lowest BCUT2D eigenvalue weighted by Gasteiger charge is -2.23. The number of para-hydroxylation sites is 2. The number of hydrogen-bond donors (Lipinski definition) is 1. The van der Waals surface area contributed by atoms with Crippen LogP contribution in [0.5, 0.6) is 5.75 Å². The Bertz CT molecular complexity index is 1290. The smallest absolute Gasteiger partial charge is 0.258 e. The number of nitrogens with zero attached hydrogens (tertiary/aromatic N) is 2. The lowest BCUT2D eigenvalue weighted by Crippen LogP contribution is -2.32. The first kappa shape index (κ1) is 20.3. The van der Waals surface area contributed by atoms with Gasteiger partial charge in [0, 0.05) is 11.1 Å². The number of aromatic amines is 1. The van der Waals surface area contributed by atoms with Crippen molar-refractivity contribution < 1.29 is 13.9 Å². The van der Waals surface area contributed by atoms with Crippen molar-refractivity contribution in [1.29, 1.82) is 0 Å². The van der Waals surface area contributed by atoms with Crippen LogP contribution in [0, 0.1) is 5.82 Å². The van der Waals surface area contributed by atoms with E-state index in [1.165, 1.54) is 29.2 Å². The van der Waals surface area contributed by atoms with Crippen molar-refractivity contribution in [3.8, 4) is 5.75 Å². The maximum atomic E-state index is 13.3. The van der Waals surface area contributed by atoms with E-state index in [1.54, 1.807) is 31.4 Å². The number of rotatable bonds is 6. The van der Waals surface area contributed by atoms with Crippen molar-refractivity contribution in [2.24, 2.45) is 0 Å². The maximum Gasteiger partial charge on any atom is 0.258 e. The molecule has 31 heavy (non-hydrogen) atoms. The van der Waals surface area contributed by atoms with E-state index >= 15 is 0 Å². The summed E-state index contributed by atoms with van der Waals surface area (Å²) in [6.45, 7) is 0.283. The van der Waals surface area contributed by atoms with Crippen LogP contribution < -0.4 is 10.3 Å². The fourth-order valence-electron chi connectivity index (χ4n) is 3.40. The Morgan fingerprint density at radius 3 is 2.48 bits per heavy atom. The number of nitrogens with one attached hydrogen (secondary N) is 1. The minimum atomic E-state index is -0.423. The number of amides is 1. The molecule has 0 aliphatic heterocycles. The maximum absolute atomic E-state index is 13.3. The van der Waals surface area contributed by atoms with Gasteiger partial charge in [-0.15, -0.1) is 0 Å². The van der Waals surface area contributed by atoms with Gasteiger partial charge in [-0.2, -0.15) is 0 Å². The Morgan fingerprint density at radius 2 is 1.71 bits per heavy atom. The zero-order chi connectivity index (χ0) is 21.8. The second kappa shape index (κ2) is 8.79. The highest BCUT2D eigenvalue weighted by molar-refractivity contribution is 5.94. The Morgan fingerprint density at radius 1 is 1.00 bits per heavy atom. The number of hydrogen-bond acceptors (Lipinski definition) is 4. The summed E-state index contributed by atoms with van der Waals surface area (Å²) in [7, 11) is 1.56. The van der Waals surface area contributed by atoms with Crippen LogP contribution >= 0.6 is 0 Å². The molecule has 4 rings (SSSR count). The number of H-pyrrole nitrogens is 1. The molecule has 0 spiro atoms. The van der Waals surface area contributed by atoms with Crippen LogP contribution in [0.4, 0.5) is 4.39 Å². The molecule has 0 unspecified atom stereocenters. The van der Waals surface area contributed by atoms with Crippen molar-refractivity contribution >= 4 is 16.8 Å². The van der Waals surface area contributed by atoms with Gasteiger partial charge in [0.2, 0.25) is 0 Å². The highest BCUT2D eigenvalue weighted by Crippen LogP contribution is 2.21. The van der Waals surface area contributed by atoms with Crippen LogP contribution in [0.1, 0.15) is 21.7 Å². The van der Waals surface area contributed by atoms with Crippen LogP contribution in [0.2, 0.25) is 0 Å². The van der Waals surface area contributed by atoms with E-state index in [1.807, 2.05) is 24.3 Å². The molecule has 1 heterocycles. The molecule has 0 saturated carbocycles. The molecule has 1 aromatic heterocycles. The van der Waals surface area contributed by atoms with E-state index in [-0.39, 0.29) is 24.6 Å². The largest absolute Gasteiger partial charge is 0.496 e. The van der Waals surface area contributed by atoms with Gasteiger partial charge in [-0.3, -0.25) is 9.59 Å². The third-order valence-corrected chi connectivity index (χ3v) is 4.93. The Balaban J connectivity index is 1.72. The number of carbonyl (C=O) groups is 1. The fraction of sp³-hybridized carbons (Fsp3) is 0.125. The third kappa shape index (κ3) is 4.45. The number of methoxy groups -OCH3 is 1. The number of fused-ring (bicyclic) bond motifs is 1. The van der Waals surface area contributed by atoms with Gasteiger partial charge in [-0.25, -0.2) is 9.37 Å². The first-order valence-electron chi connectivity index (χ1n) is 9.70. The van der Waals surface area contributed by atoms with Crippen molar-refractivity contribution in [1.82, 2.24) is 14.9 Å². The molecule has 0 atom stereocenters. The van der Waals surface area contributed by atoms with Gasteiger partial charge in [-0.05, 0) is 42.5 Å². The summed E-state index contributed by atoms with van der Waals surface area (Å²) in [6.07, 6.45) is 0. The van der Waals surface area contributed by atoms with Crippen LogP contribution in [0.25, 0.3) is 10.9 Å². The van der Waals surface area contributed by atoms with E-state index in [2.05, 4.69) is 9.97 Å². The summed E-state index contributed by atoms with van der Waals surface area (Å²) in [6, 6.07) is 19.7. The lowest BCUT2D eigenvalue weighted by molar-refractivity contribution is 0.0724. The zero-order valence-electron chi connectivity index (χ0n) is 16.8. The van der Waals surface area contributed by atoms with Crippen molar-refractivity contribution in [2.75, 3.05) is 7.11 Å². The van der Waals surface area contributed by atoms with E-state index in [4.69, 9.17) is 4.74 Å². The standard InChI is InChI=1S/C24H20FN3O3/c1-31-21-9-5-2-6-17(21)14-28(24(30)16-10-12-18(25)13-11-16)15-22-26-20-8-4-3-7-19(20)23(29)27-22/h2-13H,14-15H2,1H3,(H,26,27,29). The highest BCUT2D eigenvalue weighted by Gasteiger charge is 2.20. The average Bonchev–Trinajstić information content (AvgIpc) is 2.79. The molecule has 6 nitrogen and oxygen atoms in total. The third-order valence-electron chi connectivity index (χ3n) is 4.93. The normalized spacial score (nSPS) is 10.8. The quantitative estimate of drug-likeness (QED) is 0.516. The summed E-state index contributed by atoms with van der Waals surface area (Å²) in [5, 5.41) is 0.479. The molecular weight excluding hydrogens is 397 g/mol. The number of carbonyl (C=O) groups excluding carboxylic acids is 1. The second-order valence-corrected chi connectivity index (χ2v) is 7.01. The van der Waals surface area contributed by atoms with Gasteiger partial charge in [0.25, 0.3) is 11.5 Å². The molecule has 7 heteroatoms. The fourth-order valence-corrected chi connectivity index (χ4v) is 3.40. The topological polar surface area (TPSA) is 75.3 Å². The van der Waals surface area contributed by atoms with Gasteiger partial charge in [0.05, 0.1) is 31.1 Å². The molecule has 4 aromatic rings. The van der Waals surface area contributed by atoms with Crippen LogP contribution in [-0.2, 0) is 13.1 Å². The number of ether oxygens (including phenoxy) is 1. The summed E-state index contributed by atoms with van der Waals surface area (Å²) in [5.41, 5.74) is 1.41. The first-order valence-corrected chi connectivity index (χ1v) is 9.70. The summed E-state index contributed by atoms with van der Waals surface area (Å²) in [5.74, 6) is 0.253. The number of benzene rings is 3. The Kier molecular flexibility index (Phi) is 5.75. The molecule has 3 aromatic carbocycles. The molecule has 0 saturated heterocycles. The van der Waals surface area contributed by atoms with Crippen molar-refractivity contribution in [3.63, 3.8) is 0 Å². The summed E-state index contributed by atoms with van der Waals surface area (Å²) < 4.78 is 18.8. The highest BCUT2D eigenvalue weighted by atomic mass is 19.1. The van der Waals surface area contributed by atoms with Gasteiger partial charge < -0.3 is 14.6 Å². The number of aromatic nitrogens is 2. The summed E-state index contributed by atoms with van der Waals surface area (Å²) in [4.78, 5) is 34.5. The van der Waals surface area contributed by atoms with E-state index < -0.39 is 5.82 Å². The van der Waals surface area contributed by atoms with Crippen molar-refractivity contribution in [2.45, 2.75) is 13.1 Å². The predicted octanol–water partition coefficient (Wildman–Crippen LogP) is 3.91. The molecule has 0 aliphatic carbocycles. The number of halogens is 1. The van der Waals surface area contributed by atoms with Crippen LogP contribution in [-0.4, -0.2) is 27.9 Å². The zero-order valence-corrected chi connectivity index (χ0v) is 16.8. The molecule has 0 bridgehead atoms. The Labute approximate surface area is 177 Å². The molecule has 0 radical (unpaired) electrons. The van der Waals surface area contributed by atoms with Gasteiger partial charge in [0.1, 0.15) is 17.4 Å². The molecular formula is C24H20FN3O3. The molecule has 0 fully saturated rings. The molecule has 1 N–H and O–H groups in total. The molecule has 0 aliphatic rings. The minimum Gasteiger partial charge on any atom is -0.496 e. The molecule has 1 amide bonds. The van der Waals surface area contributed by atoms with Crippen LogP contribution in [0.3, 0.4) is 0 Å².